The highest BCUT2D eigenvalue weighted by molar-refractivity contribution is 4.84. The quantitative estimate of drug-likeness (QED) is 0.383. The summed E-state index contributed by atoms with van der Waals surface area (Å²) in [5.74, 6) is 0. The molecule has 0 N–H and O–H groups in total. The van der Waals surface area contributed by atoms with Crippen LogP contribution in [0.3, 0.4) is 0 Å². The Morgan fingerprint density at radius 2 is 2.50 bits per heavy atom. The van der Waals surface area contributed by atoms with E-state index in [0.29, 0.717) is 6.67 Å². The van der Waals surface area contributed by atoms with E-state index in [1.165, 1.54) is 0 Å². The first-order valence-corrected chi connectivity index (χ1v) is 1.95. The molecule has 1 aliphatic rings. The van der Waals surface area contributed by atoms with Crippen LogP contribution in [0.2, 0.25) is 0 Å². The van der Waals surface area contributed by atoms with E-state index in [2.05, 4.69) is 10.6 Å². The van der Waals surface area contributed by atoms with Gasteiger partial charge in [0.05, 0.1) is 0 Å². The van der Waals surface area contributed by atoms with E-state index in [9.17, 15) is 0 Å². The van der Waals surface area contributed by atoms with Crippen LogP contribution < -0.4 is 10.6 Å². The SMILES string of the molecule is C1=C[N]C[N]C1. The Balaban J connectivity index is 2.26. The van der Waals surface area contributed by atoms with Gasteiger partial charge in [0.25, 0.3) is 0 Å². The number of rotatable bonds is 0. The van der Waals surface area contributed by atoms with Crippen molar-refractivity contribution in [2.24, 2.45) is 0 Å². The van der Waals surface area contributed by atoms with E-state index >= 15 is 0 Å². The lowest BCUT2D eigenvalue weighted by Crippen LogP contribution is -2.17. The summed E-state index contributed by atoms with van der Waals surface area (Å²) < 4.78 is 0. The third-order valence-corrected chi connectivity index (χ3v) is 0.627. The molecule has 1 aliphatic heterocycles. The molecule has 0 fully saturated rings. The summed E-state index contributed by atoms with van der Waals surface area (Å²) in [7, 11) is 0. The Kier molecular flexibility index (Phi) is 1.12. The normalized spacial score (nSPS) is 20.0. The Morgan fingerprint density at radius 1 is 1.50 bits per heavy atom. The Bertz CT molecular complexity index is 50.6. The van der Waals surface area contributed by atoms with Gasteiger partial charge in [0, 0.05) is 12.7 Å². The highest BCUT2D eigenvalue weighted by atomic mass is 15.1. The smallest absolute Gasteiger partial charge is 0.104 e. The summed E-state index contributed by atoms with van der Waals surface area (Å²) in [4.78, 5) is 0. The maximum Gasteiger partial charge on any atom is 0.104 e. The molecule has 0 unspecified atom stereocenters. The molecule has 6 heavy (non-hydrogen) atoms. The largest absolute Gasteiger partial charge is 0.277 e. The van der Waals surface area contributed by atoms with Crippen LogP contribution in [-0.4, -0.2) is 13.2 Å². The first-order chi connectivity index (χ1) is 3.00. The van der Waals surface area contributed by atoms with Gasteiger partial charge in [0.1, 0.15) is 6.67 Å². The topological polar surface area (TPSA) is 28.2 Å². The zero-order chi connectivity index (χ0) is 4.24. The van der Waals surface area contributed by atoms with Crippen molar-refractivity contribution < 1.29 is 0 Å². The van der Waals surface area contributed by atoms with Crippen LogP contribution in [0.1, 0.15) is 0 Å². The van der Waals surface area contributed by atoms with E-state index in [1.807, 2.05) is 6.08 Å². The van der Waals surface area contributed by atoms with Gasteiger partial charge in [0.15, 0.2) is 0 Å². The van der Waals surface area contributed by atoms with Gasteiger partial charge in [-0.05, 0) is 0 Å². The first kappa shape index (κ1) is 3.68. The van der Waals surface area contributed by atoms with E-state index in [1.54, 1.807) is 6.20 Å². The average Bonchev–Trinajstić information content (AvgIpc) is 1.72. The summed E-state index contributed by atoms with van der Waals surface area (Å²) in [6.45, 7) is 1.51. The molecule has 0 aromatic carbocycles. The fourth-order valence-electron chi connectivity index (χ4n) is 0.359. The highest BCUT2D eigenvalue weighted by Crippen LogP contribution is 1.74. The van der Waals surface area contributed by atoms with Gasteiger partial charge < -0.3 is 0 Å². The minimum Gasteiger partial charge on any atom is -0.277 e. The molecule has 0 spiro atoms. The Labute approximate surface area is 37.2 Å². The molecule has 0 aromatic rings. The molecule has 0 aliphatic carbocycles. The molecule has 1 heterocycles. The molecular formula is C4H6N2. The molecule has 0 atom stereocenters. The fourth-order valence-corrected chi connectivity index (χ4v) is 0.359. The molecular weight excluding hydrogens is 76.1 g/mol. The van der Waals surface area contributed by atoms with Crippen LogP contribution in [0.25, 0.3) is 0 Å². The van der Waals surface area contributed by atoms with E-state index in [4.69, 9.17) is 0 Å². The predicted octanol–water partition coefficient (Wildman–Crippen LogP) is -0.320. The minimum absolute atomic E-state index is 0.663. The fraction of sp³-hybridized carbons (Fsp3) is 0.500. The molecule has 0 saturated carbocycles. The van der Waals surface area contributed by atoms with Gasteiger partial charge in [-0.15, -0.1) is 0 Å². The van der Waals surface area contributed by atoms with Gasteiger partial charge in [-0.25, -0.2) is 5.32 Å². The maximum absolute atomic E-state index is 3.92. The zero-order valence-corrected chi connectivity index (χ0v) is 3.46. The van der Waals surface area contributed by atoms with Gasteiger partial charge in [0.2, 0.25) is 0 Å². The van der Waals surface area contributed by atoms with Crippen molar-refractivity contribution in [2.75, 3.05) is 13.2 Å². The molecule has 0 saturated heterocycles. The van der Waals surface area contributed by atoms with Crippen LogP contribution in [-0.2, 0) is 0 Å². The second-order valence-electron chi connectivity index (χ2n) is 1.11. The third-order valence-electron chi connectivity index (χ3n) is 0.627. The Hall–Kier alpha value is -0.500. The Morgan fingerprint density at radius 3 is 2.67 bits per heavy atom. The van der Waals surface area contributed by atoms with Gasteiger partial charge >= 0.3 is 0 Å². The molecule has 2 nitrogen and oxygen atoms in total. The predicted molar refractivity (Wildman–Crippen MR) is 23.1 cm³/mol. The van der Waals surface area contributed by atoms with Crippen molar-refractivity contribution in [3.05, 3.63) is 12.3 Å². The van der Waals surface area contributed by atoms with Crippen LogP contribution in [0.5, 0.6) is 0 Å². The second kappa shape index (κ2) is 1.82. The molecule has 0 aromatic heterocycles. The monoisotopic (exact) mass is 82.1 g/mol. The summed E-state index contributed by atoms with van der Waals surface area (Å²) in [5.41, 5.74) is 0. The minimum atomic E-state index is 0.663. The molecule has 0 amide bonds. The molecule has 0 bridgehead atoms. The highest BCUT2D eigenvalue weighted by Gasteiger charge is 1.86. The molecule has 2 heteroatoms. The van der Waals surface area contributed by atoms with Crippen LogP contribution in [0.15, 0.2) is 12.3 Å². The summed E-state index contributed by atoms with van der Waals surface area (Å²) in [6, 6.07) is 0. The summed E-state index contributed by atoms with van der Waals surface area (Å²) in [6.07, 6.45) is 3.73. The van der Waals surface area contributed by atoms with Crippen LogP contribution in [0.4, 0.5) is 0 Å². The summed E-state index contributed by atoms with van der Waals surface area (Å²) in [5, 5.41) is 7.75. The zero-order valence-electron chi connectivity index (χ0n) is 3.46. The number of hydrogen-bond acceptors (Lipinski definition) is 0. The van der Waals surface area contributed by atoms with Crippen molar-refractivity contribution in [3.8, 4) is 0 Å². The van der Waals surface area contributed by atoms with Crippen molar-refractivity contribution in [1.82, 2.24) is 10.6 Å². The van der Waals surface area contributed by atoms with Crippen molar-refractivity contribution in [2.45, 2.75) is 0 Å². The van der Waals surface area contributed by atoms with Gasteiger partial charge in [-0.1, -0.05) is 6.08 Å². The van der Waals surface area contributed by atoms with Gasteiger partial charge in [-0.3, -0.25) is 5.32 Å². The van der Waals surface area contributed by atoms with Crippen molar-refractivity contribution >= 4 is 0 Å². The number of nitrogens with zero attached hydrogens (tertiary/aromatic N) is 2. The van der Waals surface area contributed by atoms with Crippen molar-refractivity contribution in [1.29, 1.82) is 0 Å². The molecule has 1 rings (SSSR count). The maximum atomic E-state index is 3.92. The van der Waals surface area contributed by atoms with Crippen LogP contribution in [0, 0.1) is 0 Å². The standard InChI is InChI=1S/C4H6N2/c1-2-5-4-6-3-1/h1-2H,3-4H2. The lowest BCUT2D eigenvalue weighted by molar-refractivity contribution is 0.647. The van der Waals surface area contributed by atoms with Gasteiger partial charge in [-0.2, -0.15) is 0 Å². The summed E-state index contributed by atoms with van der Waals surface area (Å²) >= 11 is 0. The van der Waals surface area contributed by atoms with E-state index in [0.717, 1.165) is 6.54 Å². The molecule has 2 radical (unpaired) electrons. The lowest BCUT2D eigenvalue weighted by Gasteiger charge is -1.99. The third kappa shape index (κ3) is 0.723. The number of hydrogen-bond donors (Lipinski definition) is 0. The van der Waals surface area contributed by atoms with Crippen LogP contribution >= 0.6 is 0 Å². The lowest BCUT2D eigenvalue weighted by atomic mass is 10.5. The first-order valence-electron chi connectivity index (χ1n) is 1.95. The second-order valence-corrected chi connectivity index (χ2v) is 1.11. The van der Waals surface area contributed by atoms with Crippen molar-refractivity contribution in [3.63, 3.8) is 0 Å². The van der Waals surface area contributed by atoms with E-state index < -0.39 is 0 Å². The van der Waals surface area contributed by atoms with E-state index in [-0.39, 0.29) is 0 Å². The molecule has 32 valence electrons. The average molecular weight is 82.1 g/mol.